The molecule has 0 unspecified atom stereocenters. The summed E-state index contributed by atoms with van der Waals surface area (Å²) in [5, 5.41) is 2.92. The number of amides is 1. The molecule has 3 nitrogen and oxygen atoms in total. The van der Waals surface area contributed by atoms with Crippen molar-refractivity contribution in [2.24, 2.45) is 5.92 Å². The van der Waals surface area contributed by atoms with Gasteiger partial charge in [0.15, 0.2) is 6.10 Å². The number of rotatable bonds is 5. The van der Waals surface area contributed by atoms with Crippen LogP contribution in [0.4, 0.5) is 0 Å². The predicted octanol–water partition coefficient (Wildman–Crippen LogP) is 3.10. The van der Waals surface area contributed by atoms with Crippen LogP contribution in [0.5, 0.6) is 5.75 Å². The highest BCUT2D eigenvalue weighted by Crippen LogP contribution is 2.30. The van der Waals surface area contributed by atoms with Crippen molar-refractivity contribution < 1.29 is 9.53 Å². The Morgan fingerprint density at radius 2 is 2.00 bits per heavy atom. The lowest BCUT2D eigenvalue weighted by Gasteiger charge is -2.22. The lowest BCUT2D eigenvalue weighted by atomic mass is 9.91. The van der Waals surface area contributed by atoms with Gasteiger partial charge in [0.25, 0.3) is 5.91 Å². The van der Waals surface area contributed by atoms with Gasteiger partial charge in [-0.25, -0.2) is 0 Å². The molecule has 0 spiro atoms. The summed E-state index contributed by atoms with van der Waals surface area (Å²) < 4.78 is 5.89. The number of ether oxygens (including phenoxy) is 1. The molecule has 0 saturated heterocycles. The van der Waals surface area contributed by atoms with Crippen LogP contribution in [0.2, 0.25) is 0 Å². The van der Waals surface area contributed by atoms with Crippen molar-refractivity contribution in [1.82, 2.24) is 5.32 Å². The molecule has 2 rings (SSSR count). The third-order valence-electron chi connectivity index (χ3n) is 3.71. The van der Waals surface area contributed by atoms with E-state index < -0.39 is 6.10 Å². The Hall–Kier alpha value is -1.51. The van der Waals surface area contributed by atoms with Crippen molar-refractivity contribution in [2.75, 3.05) is 6.54 Å². The largest absolute Gasteiger partial charge is 0.481 e. The predicted molar refractivity (Wildman–Crippen MR) is 81.0 cm³/mol. The summed E-state index contributed by atoms with van der Waals surface area (Å²) in [4.78, 5) is 12.0. The van der Waals surface area contributed by atoms with E-state index in [4.69, 9.17) is 4.74 Å². The molecule has 0 heterocycles. The quantitative estimate of drug-likeness (QED) is 0.896. The first-order chi connectivity index (χ1) is 9.58. The first-order valence-corrected chi connectivity index (χ1v) is 7.63. The van der Waals surface area contributed by atoms with Crippen LogP contribution in [-0.4, -0.2) is 18.6 Å². The van der Waals surface area contributed by atoms with E-state index >= 15 is 0 Å². The molecule has 0 saturated carbocycles. The highest BCUT2D eigenvalue weighted by molar-refractivity contribution is 5.80. The smallest absolute Gasteiger partial charge is 0.260 e. The second kappa shape index (κ2) is 6.78. The molecule has 0 aliphatic heterocycles. The van der Waals surface area contributed by atoms with Crippen molar-refractivity contribution in [2.45, 2.75) is 52.6 Å². The van der Waals surface area contributed by atoms with E-state index in [-0.39, 0.29) is 5.91 Å². The summed E-state index contributed by atoms with van der Waals surface area (Å²) in [7, 11) is 0. The molecule has 1 aliphatic rings. The Morgan fingerprint density at radius 3 is 2.75 bits per heavy atom. The van der Waals surface area contributed by atoms with Gasteiger partial charge in [-0.3, -0.25) is 4.79 Å². The molecule has 1 aromatic rings. The number of nitrogens with one attached hydrogen (secondary N) is 1. The van der Waals surface area contributed by atoms with E-state index in [1.165, 1.54) is 24.0 Å². The Kier molecular flexibility index (Phi) is 5.05. The molecule has 0 aromatic heterocycles. The molecule has 1 atom stereocenters. The van der Waals surface area contributed by atoms with Gasteiger partial charge in [0.2, 0.25) is 0 Å². The number of benzene rings is 1. The molecule has 1 N–H and O–H groups in total. The molecular formula is C17H25NO2. The second-order valence-corrected chi connectivity index (χ2v) is 6.00. The summed E-state index contributed by atoms with van der Waals surface area (Å²) in [6.45, 7) is 6.68. The summed E-state index contributed by atoms with van der Waals surface area (Å²) in [5.41, 5.74) is 2.67. The van der Waals surface area contributed by atoms with Crippen molar-refractivity contribution in [3.8, 4) is 5.75 Å². The molecule has 0 fully saturated rings. The van der Waals surface area contributed by atoms with Crippen molar-refractivity contribution in [3.05, 3.63) is 29.3 Å². The number of hydrogen-bond donors (Lipinski definition) is 1. The zero-order valence-corrected chi connectivity index (χ0v) is 12.7. The first-order valence-electron chi connectivity index (χ1n) is 7.63. The van der Waals surface area contributed by atoms with Gasteiger partial charge in [-0.05, 0) is 55.7 Å². The van der Waals surface area contributed by atoms with E-state index in [1.807, 2.05) is 19.1 Å². The van der Waals surface area contributed by atoms with Crippen LogP contribution in [0.15, 0.2) is 18.2 Å². The SMILES string of the molecule is CC(C)CNC(=O)[C@H](C)Oc1cccc2c1CCCC2. The molecular weight excluding hydrogens is 250 g/mol. The van der Waals surface area contributed by atoms with Gasteiger partial charge in [0, 0.05) is 6.54 Å². The number of fused-ring (bicyclic) bond motifs is 1. The summed E-state index contributed by atoms with van der Waals surface area (Å²) in [6, 6.07) is 6.18. The number of aryl methyl sites for hydroxylation is 1. The van der Waals surface area contributed by atoms with Gasteiger partial charge < -0.3 is 10.1 Å². The number of hydrogen-bond acceptors (Lipinski definition) is 2. The lowest BCUT2D eigenvalue weighted by Crippen LogP contribution is -2.38. The lowest BCUT2D eigenvalue weighted by molar-refractivity contribution is -0.127. The summed E-state index contributed by atoms with van der Waals surface area (Å²) >= 11 is 0. The monoisotopic (exact) mass is 275 g/mol. The first kappa shape index (κ1) is 14.9. The fourth-order valence-corrected chi connectivity index (χ4v) is 2.55. The van der Waals surface area contributed by atoms with Crippen LogP contribution in [0.25, 0.3) is 0 Å². The Bertz CT molecular complexity index is 468. The maximum absolute atomic E-state index is 12.0. The van der Waals surface area contributed by atoms with Crippen LogP contribution < -0.4 is 10.1 Å². The highest BCUT2D eigenvalue weighted by atomic mass is 16.5. The molecule has 1 aromatic carbocycles. The van der Waals surface area contributed by atoms with E-state index in [0.717, 1.165) is 18.6 Å². The third-order valence-corrected chi connectivity index (χ3v) is 3.71. The molecule has 1 amide bonds. The van der Waals surface area contributed by atoms with Gasteiger partial charge >= 0.3 is 0 Å². The van der Waals surface area contributed by atoms with Crippen LogP contribution >= 0.6 is 0 Å². The minimum atomic E-state index is -0.442. The maximum Gasteiger partial charge on any atom is 0.260 e. The minimum absolute atomic E-state index is 0.0351. The van der Waals surface area contributed by atoms with Crippen LogP contribution in [0.1, 0.15) is 44.7 Å². The fraction of sp³-hybridized carbons (Fsp3) is 0.588. The van der Waals surface area contributed by atoms with Crippen LogP contribution in [-0.2, 0) is 17.6 Å². The Morgan fingerprint density at radius 1 is 1.25 bits per heavy atom. The van der Waals surface area contributed by atoms with Crippen molar-refractivity contribution >= 4 is 5.91 Å². The van der Waals surface area contributed by atoms with Crippen molar-refractivity contribution in [1.29, 1.82) is 0 Å². The Balaban J connectivity index is 2.01. The topological polar surface area (TPSA) is 38.3 Å². The number of carbonyl (C=O) groups is 1. The molecule has 1 aliphatic carbocycles. The van der Waals surface area contributed by atoms with Gasteiger partial charge in [0.1, 0.15) is 5.75 Å². The molecule has 110 valence electrons. The van der Waals surface area contributed by atoms with E-state index in [2.05, 4.69) is 25.2 Å². The van der Waals surface area contributed by atoms with E-state index in [0.29, 0.717) is 12.5 Å². The fourth-order valence-electron chi connectivity index (χ4n) is 2.55. The summed E-state index contributed by atoms with van der Waals surface area (Å²) in [5.74, 6) is 1.30. The molecule has 3 heteroatoms. The standard InChI is InChI=1S/C17H25NO2/c1-12(2)11-18-17(19)13(3)20-16-10-6-8-14-7-4-5-9-15(14)16/h6,8,10,12-13H,4-5,7,9,11H2,1-3H3,(H,18,19)/t13-/m0/s1. The molecule has 0 bridgehead atoms. The third kappa shape index (κ3) is 3.75. The Labute approximate surface area is 121 Å². The average molecular weight is 275 g/mol. The van der Waals surface area contributed by atoms with Crippen LogP contribution in [0, 0.1) is 5.92 Å². The number of carbonyl (C=O) groups excluding carboxylic acids is 1. The van der Waals surface area contributed by atoms with E-state index in [1.54, 1.807) is 0 Å². The second-order valence-electron chi connectivity index (χ2n) is 6.00. The average Bonchev–Trinajstić information content (AvgIpc) is 2.45. The zero-order chi connectivity index (χ0) is 14.5. The van der Waals surface area contributed by atoms with Gasteiger partial charge in [-0.15, -0.1) is 0 Å². The molecule has 0 radical (unpaired) electrons. The highest BCUT2D eigenvalue weighted by Gasteiger charge is 2.19. The normalized spacial score (nSPS) is 15.6. The summed E-state index contributed by atoms with van der Waals surface area (Å²) in [6.07, 6.45) is 4.20. The van der Waals surface area contributed by atoms with Crippen molar-refractivity contribution in [3.63, 3.8) is 0 Å². The van der Waals surface area contributed by atoms with E-state index in [9.17, 15) is 4.79 Å². The molecule has 20 heavy (non-hydrogen) atoms. The van der Waals surface area contributed by atoms with Crippen LogP contribution in [0.3, 0.4) is 0 Å². The van der Waals surface area contributed by atoms with Gasteiger partial charge in [0.05, 0.1) is 0 Å². The zero-order valence-electron chi connectivity index (χ0n) is 12.7. The van der Waals surface area contributed by atoms with Gasteiger partial charge in [-0.2, -0.15) is 0 Å². The van der Waals surface area contributed by atoms with Gasteiger partial charge in [-0.1, -0.05) is 26.0 Å². The minimum Gasteiger partial charge on any atom is -0.481 e. The maximum atomic E-state index is 12.0.